The number of rotatable bonds is 7. The molecule has 1 aromatic heterocycles. The van der Waals surface area contributed by atoms with Gasteiger partial charge in [0, 0.05) is 32.1 Å². The number of likely N-dealkylation sites (N-methyl/N-ethyl adjacent to an activating group) is 1. The molecule has 0 radical (unpaired) electrons. The lowest BCUT2D eigenvalue weighted by molar-refractivity contribution is 0.0674. The van der Waals surface area contributed by atoms with E-state index in [9.17, 15) is 0 Å². The zero-order valence-corrected chi connectivity index (χ0v) is 12.4. The first-order valence-electron chi connectivity index (χ1n) is 6.98. The molecule has 0 aliphatic carbocycles. The van der Waals surface area contributed by atoms with Crippen LogP contribution >= 0.6 is 0 Å². The van der Waals surface area contributed by atoms with E-state index < -0.39 is 0 Å². The summed E-state index contributed by atoms with van der Waals surface area (Å²) < 4.78 is 7.63. The Bertz CT molecular complexity index is 509. The molecule has 2 rings (SSSR count). The fraction of sp³-hybridized carbons (Fsp3) is 0.438. The highest BCUT2D eigenvalue weighted by Crippen LogP contribution is 2.23. The average molecular weight is 273 g/mol. The van der Waals surface area contributed by atoms with Gasteiger partial charge in [0.15, 0.2) is 0 Å². The molecule has 0 saturated heterocycles. The lowest BCUT2D eigenvalue weighted by atomic mass is 9.97. The number of aryl methyl sites for hydroxylation is 2. The summed E-state index contributed by atoms with van der Waals surface area (Å²) in [6.07, 6.45) is 3.89. The van der Waals surface area contributed by atoms with Crippen molar-refractivity contribution >= 4 is 0 Å². The summed E-state index contributed by atoms with van der Waals surface area (Å²) in [7, 11) is 5.74. The lowest BCUT2D eigenvalue weighted by Gasteiger charge is -2.26. The van der Waals surface area contributed by atoms with Crippen LogP contribution in [0, 0.1) is 0 Å². The van der Waals surface area contributed by atoms with Crippen LogP contribution in [0.3, 0.4) is 0 Å². The van der Waals surface area contributed by atoms with Gasteiger partial charge in [-0.05, 0) is 31.5 Å². The molecule has 2 atom stereocenters. The quantitative estimate of drug-likeness (QED) is 0.841. The van der Waals surface area contributed by atoms with Gasteiger partial charge in [-0.3, -0.25) is 4.68 Å². The van der Waals surface area contributed by atoms with E-state index in [0.717, 1.165) is 12.8 Å². The number of nitrogens with zero attached hydrogens (tertiary/aromatic N) is 2. The number of methoxy groups -OCH3 is 1. The molecule has 2 unspecified atom stereocenters. The number of aromatic nitrogens is 2. The molecule has 2 aromatic rings. The summed E-state index contributed by atoms with van der Waals surface area (Å²) >= 11 is 0. The summed E-state index contributed by atoms with van der Waals surface area (Å²) in [4.78, 5) is 0. The predicted octanol–water partition coefficient (Wildman–Crippen LogP) is 2.33. The minimum Gasteiger partial charge on any atom is -0.375 e. The smallest absolute Gasteiger partial charge is 0.0974 e. The molecule has 0 aliphatic heterocycles. The van der Waals surface area contributed by atoms with Gasteiger partial charge in [0.1, 0.15) is 0 Å². The van der Waals surface area contributed by atoms with Gasteiger partial charge in [-0.2, -0.15) is 5.10 Å². The van der Waals surface area contributed by atoms with E-state index in [1.165, 1.54) is 11.3 Å². The molecule has 0 fully saturated rings. The zero-order valence-electron chi connectivity index (χ0n) is 12.4. The van der Waals surface area contributed by atoms with Crippen molar-refractivity contribution in [1.29, 1.82) is 0 Å². The Kier molecular flexibility index (Phi) is 5.32. The molecule has 0 bridgehead atoms. The van der Waals surface area contributed by atoms with Crippen LogP contribution in [0.2, 0.25) is 0 Å². The summed E-state index contributed by atoms with van der Waals surface area (Å²) in [5, 5.41) is 7.59. The van der Waals surface area contributed by atoms with Crippen molar-refractivity contribution in [2.75, 3.05) is 14.2 Å². The van der Waals surface area contributed by atoms with Gasteiger partial charge < -0.3 is 10.1 Å². The Morgan fingerprint density at radius 1 is 1.25 bits per heavy atom. The SMILES string of the molecule is CNC(CCc1ccnn1C)C(OC)c1ccccc1. The Labute approximate surface area is 120 Å². The van der Waals surface area contributed by atoms with Crippen molar-refractivity contribution in [3.8, 4) is 0 Å². The van der Waals surface area contributed by atoms with Gasteiger partial charge in [-0.15, -0.1) is 0 Å². The molecule has 0 saturated carbocycles. The van der Waals surface area contributed by atoms with Gasteiger partial charge in [0.05, 0.1) is 6.10 Å². The second-order valence-electron chi connectivity index (χ2n) is 4.95. The molecular weight excluding hydrogens is 250 g/mol. The predicted molar refractivity (Wildman–Crippen MR) is 80.6 cm³/mol. The minimum absolute atomic E-state index is 0.0643. The molecule has 0 spiro atoms. The fourth-order valence-electron chi connectivity index (χ4n) is 2.57. The minimum atomic E-state index is 0.0643. The first-order valence-corrected chi connectivity index (χ1v) is 6.98. The van der Waals surface area contributed by atoms with Crippen LogP contribution in [-0.2, 0) is 18.2 Å². The highest BCUT2D eigenvalue weighted by Gasteiger charge is 2.21. The molecule has 1 aromatic carbocycles. The summed E-state index contributed by atoms with van der Waals surface area (Å²) in [6.45, 7) is 0. The second-order valence-corrected chi connectivity index (χ2v) is 4.95. The van der Waals surface area contributed by atoms with Crippen LogP contribution in [-0.4, -0.2) is 30.0 Å². The molecule has 4 nitrogen and oxygen atoms in total. The summed E-state index contributed by atoms with van der Waals surface area (Å²) in [5.74, 6) is 0. The third-order valence-corrected chi connectivity index (χ3v) is 3.75. The fourth-order valence-corrected chi connectivity index (χ4v) is 2.57. The molecule has 108 valence electrons. The van der Waals surface area contributed by atoms with E-state index in [2.05, 4.69) is 40.7 Å². The van der Waals surface area contributed by atoms with Crippen LogP contribution in [0.15, 0.2) is 42.6 Å². The van der Waals surface area contributed by atoms with Crippen molar-refractivity contribution in [2.45, 2.75) is 25.0 Å². The van der Waals surface area contributed by atoms with Crippen molar-refractivity contribution in [3.05, 3.63) is 53.9 Å². The molecule has 1 N–H and O–H groups in total. The standard InChI is InChI=1S/C16H23N3O/c1-17-15(10-9-14-11-12-18-19(14)2)16(20-3)13-7-5-4-6-8-13/h4-8,11-12,15-17H,9-10H2,1-3H3. The third kappa shape index (κ3) is 3.46. The van der Waals surface area contributed by atoms with Crippen LogP contribution in [0.4, 0.5) is 0 Å². The van der Waals surface area contributed by atoms with E-state index in [-0.39, 0.29) is 12.1 Å². The topological polar surface area (TPSA) is 39.1 Å². The van der Waals surface area contributed by atoms with Crippen molar-refractivity contribution in [2.24, 2.45) is 7.05 Å². The maximum Gasteiger partial charge on any atom is 0.0974 e. The van der Waals surface area contributed by atoms with Crippen LogP contribution in [0.5, 0.6) is 0 Å². The maximum atomic E-state index is 5.70. The Hall–Kier alpha value is -1.65. The normalized spacial score (nSPS) is 14.2. The van der Waals surface area contributed by atoms with E-state index in [1.54, 1.807) is 7.11 Å². The number of benzene rings is 1. The number of ether oxygens (including phenoxy) is 1. The largest absolute Gasteiger partial charge is 0.375 e. The van der Waals surface area contributed by atoms with E-state index >= 15 is 0 Å². The Balaban J connectivity index is 2.04. The highest BCUT2D eigenvalue weighted by atomic mass is 16.5. The molecule has 0 aliphatic rings. The number of nitrogens with one attached hydrogen (secondary N) is 1. The lowest BCUT2D eigenvalue weighted by Crippen LogP contribution is -2.33. The summed E-state index contributed by atoms with van der Waals surface area (Å²) in [6, 6.07) is 12.7. The van der Waals surface area contributed by atoms with E-state index in [0.29, 0.717) is 0 Å². The van der Waals surface area contributed by atoms with E-state index in [1.807, 2.05) is 31.0 Å². The number of hydrogen-bond donors (Lipinski definition) is 1. The molecule has 20 heavy (non-hydrogen) atoms. The molecule has 1 heterocycles. The first kappa shape index (κ1) is 14.8. The van der Waals surface area contributed by atoms with Gasteiger partial charge in [0.2, 0.25) is 0 Å². The highest BCUT2D eigenvalue weighted by molar-refractivity contribution is 5.19. The molecule has 4 heteroatoms. The average Bonchev–Trinajstić information content (AvgIpc) is 2.90. The zero-order chi connectivity index (χ0) is 14.4. The monoisotopic (exact) mass is 273 g/mol. The van der Waals surface area contributed by atoms with Crippen molar-refractivity contribution in [3.63, 3.8) is 0 Å². The van der Waals surface area contributed by atoms with Crippen LogP contribution < -0.4 is 5.32 Å². The molecular formula is C16H23N3O. The van der Waals surface area contributed by atoms with Crippen molar-refractivity contribution in [1.82, 2.24) is 15.1 Å². The van der Waals surface area contributed by atoms with Gasteiger partial charge >= 0.3 is 0 Å². The van der Waals surface area contributed by atoms with E-state index in [4.69, 9.17) is 4.74 Å². The Morgan fingerprint density at radius 2 is 2.00 bits per heavy atom. The third-order valence-electron chi connectivity index (χ3n) is 3.75. The van der Waals surface area contributed by atoms with Gasteiger partial charge in [-0.1, -0.05) is 30.3 Å². The van der Waals surface area contributed by atoms with Crippen LogP contribution in [0.25, 0.3) is 0 Å². The number of hydrogen-bond acceptors (Lipinski definition) is 3. The first-order chi connectivity index (χ1) is 9.76. The molecule has 0 amide bonds. The van der Waals surface area contributed by atoms with Gasteiger partial charge in [0.25, 0.3) is 0 Å². The van der Waals surface area contributed by atoms with Gasteiger partial charge in [-0.25, -0.2) is 0 Å². The summed E-state index contributed by atoms with van der Waals surface area (Å²) in [5.41, 5.74) is 2.45. The maximum absolute atomic E-state index is 5.70. The van der Waals surface area contributed by atoms with Crippen molar-refractivity contribution < 1.29 is 4.74 Å². The Morgan fingerprint density at radius 3 is 2.55 bits per heavy atom. The van der Waals surface area contributed by atoms with Crippen LogP contribution in [0.1, 0.15) is 23.8 Å². The second kappa shape index (κ2) is 7.22.